The fourth-order valence-electron chi connectivity index (χ4n) is 2.63. The first-order valence-electron chi connectivity index (χ1n) is 6.70. The highest BCUT2D eigenvalue weighted by atomic mass is 16.3. The molecule has 0 aromatic heterocycles. The minimum atomic E-state index is -0.230. The summed E-state index contributed by atoms with van der Waals surface area (Å²) in [7, 11) is 2.17. The Hall–Kier alpha value is -0.0800. The van der Waals surface area contributed by atoms with Crippen LogP contribution in [-0.2, 0) is 0 Å². The quantitative estimate of drug-likeness (QED) is 0.801. The Morgan fingerprint density at radius 1 is 1.25 bits per heavy atom. The SMILES string of the molecule is CC1CCCCC1N(C)CC(O)C(C)(C)C. The van der Waals surface area contributed by atoms with Crippen LogP contribution in [0.2, 0.25) is 0 Å². The fourth-order valence-corrected chi connectivity index (χ4v) is 2.63. The van der Waals surface area contributed by atoms with Crippen molar-refractivity contribution in [1.29, 1.82) is 0 Å². The van der Waals surface area contributed by atoms with Gasteiger partial charge in [0, 0.05) is 12.6 Å². The molecule has 96 valence electrons. The van der Waals surface area contributed by atoms with Crippen molar-refractivity contribution in [1.82, 2.24) is 4.90 Å². The van der Waals surface area contributed by atoms with Crippen LogP contribution in [0.25, 0.3) is 0 Å². The van der Waals surface area contributed by atoms with E-state index in [0.717, 1.165) is 12.5 Å². The summed E-state index contributed by atoms with van der Waals surface area (Å²) in [4.78, 5) is 2.37. The molecule has 3 atom stereocenters. The van der Waals surface area contributed by atoms with Gasteiger partial charge in [-0.2, -0.15) is 0 Å². The maximum absolute atomic E-state index is 10.1. The largest absolute Gasteiger partial charge is 0.391 e. The van der Waals surface area contributed by atoms with Gasteiger partial charge in [0.25, 0.3) is 0 Å². The first-order chi connectivity index (χ1) is 7.32. The molecule has 0 saturated heterocycles. The molecule has 0 bridgehead atoms. The van der Waals surface area contributed by atoms with E-state index in [1.165, 1.54) is 25.7 Å². The Bertz CT molecular complexity index is 209. The van der Waals surface area contributed by atoms with Gasteiger partial charge in [-0.3, -0.25) is 0 Å². The van der Waals surface area contributed by atoms with Gasteiger partial charge in [-0.1, -0.05) is 40.5 Å². The van der Waals surface area contributed by atoms with E-state index in [-0.39, 0.29) is 11.5 Å². The van der Waals surface area contributed by atoms with Crippen molar-refractivity contribution in [2.45, 2.75) is 65.5 Å². The number of hydrogen-bond donors (Lipinski definition) is 1. The van der Waals surface area contributed by atoms with Crippen LogP contribution >= 0.6 is 0 Å². The molecule has 16 heavy (non-hydrogen) atoms. The van der Waals surface area contributed by atoms with Gasteiger partial charge in [-0.15, -0.1) is 0 Å². The van der Waals surface area contributed by atoms with Crippen LogP contribution in [0.15, 0.2) is 0 Å². The summed E-state index contributed by atoms with van der Waals surface area (Å²) in [6.45, 7) is 9.48. The molecule has 0 amide bonds. The van der Waals surface area contributed by atoms with Crippen molar-refractivity contribution in [3.63, 3.8) is 0 Å². The molecule has 0 spiro atoms. The Balaban J connectivity index is 2.47. The predicted octanol–water partition coefficient (Wildman–Crippen LogP) is 2.90. The summed E-state index contributed by atoms with van der Waals surface area (Å²) in [6, 6.07) is 0.672. The molecule has 0 aromatic carbocycles. The number of rotatable bonds is 3. The van der Waals surface area contributed by atoms with Crippen LogP contribution < -0.4 is 0 Å². The van der Waals surface area contributed by atoms with Gasteiger partial charge >= 0.3 is 0 Å². The molecule has 0 aromatic rings. The fraction of sp³-hybridized carbons (Fsp3) is 1.00. The van der Waals surface area contributed by atoms with E-state index in [4.69, 9.17) is 0 Å². The van der Waals surface area contributed by atoms with E-state index in [2.05, 4.69) is 39.6 Å². The molecule has 1 fully saturated rings. The molecule has 3 unspecified atom stereocenters. The lowest BCUT2D eigenvalue weighted by Crippen LogP contribution is -2.45. The first-order valence-corrected chi connectivity index (χ1v) is 6.70. The van der Waals surface area contributed by atoms with Gasteiger partial charge in [0.05, 0.1) is 6.10 Å². The monoisotopic (exact) mass is 227 g/mol. The van der Waals surface area contributed by atoms with Gasteiger partial charge in [0.2, 0.25) is 0 Å². The molecule has 1 saturated carbocycles. The molecule has 1 rings (SSSR count). The molecule has 0 heterocycles. The molecule has 1 N–H and O–H groups in total. The summed E-state index contributed by atoms with van der Waals surface area (Å²) in [5.41, 5.74) is -0.00777. The van der Waals surface area contributed by atoms with Crippen LogP contribution in [0.1, 0.15) is 53.4 Å². The van der Waals surface area contributed by atoms with E-state index < -0.39 is 0 Å². The lowest BCUT2D eigenvalue weighted by molar-refractivity contribution is 0.0111. The van der Waals surface area contributed by atoms with Gasteiger partial charge in [0.1, 0.15) is 0 Å². The zero-order valence-corrected chi connectivity index (χ0v) is 11.7. The number of aliphatic hydroxyl groups excluding tert-OH is 1. The van der Waals surface area contributed by atoms with Gasteiger partial charge in [-0.25, -0.2) is 0 Å². The molecule has 0 aliphatic heterocycles. The van der Waals surface area contributed by atoms with Gasteiger partial charge in [-0.05, 0) is 31.2 Å². The number of likely N-dealkylation sites (N-methyl/N-ethyl adjacent to an activating group) is 1. The maximum atomic E-state index is 10.1. The van der Waals surface area contributed by atoms with Crippen molar-refractivity contribution < 1.29 is 5.11 Å². The average molecular weight is 227 g/mol. The predicted molar refractivity (Wildman–Crippen MR) is 69.5 cm³/mol. The second-order valence-electron chi connectivity index (χ2n) is 6.65. The lowest BCUT2D eigenvalue weighted by atomic mass is 9.83. The molecule has 0 radical (unpaired) electrons. The van der Waals surface area contributed by atoms with Gasteiger partial charge < -0.3 is 10.0 Å². The topological polar surface area (TPSA) is 23.5 Å². The lowest BCUT2D eigenvalue weighted by Gasteiger charge is -2.39. The van der Waals surface area contributed by atoms with E-state index >= 15 is 0 Å². The zero-order valence-electron chi connectivity index (χ0n) is 11.7. The number of hydrogen-bond acceptors (Lipinski definition) is 2. The Morgan fingerprint density at radius 3 is 2.31 bits per heavy atom. The molecular weight excluding hydrogens is 198 g/mol. The second-order valence-corrected chi connectivity index (χ2v) is 6.65. The van der Waals surface area contributed by atoms with Gasteiger partial charge in [0.15, 0.2) is 0 Å². The van der Waals surface area contributed by atoms with Crippen LogP contribution in [0, 0.1) is 11.3 Å². The third-order valence-electron chi connectivity index (χ3n) is 4.09. The Morgan fingerprint density at radius 2 is 1.81 bits per heavy atom. The van der Waals surface area contributed by atoms with Crippen LogP contribution in [0.5, 0.6) is 0 Å². The third-order valence-corrected chi connectivity index (χ3v) is 4.09. The highest BCUT2D eigenvalue weighted by Crippen LogP contribution is 2.28. The normalized spacial score (nSPS) is 29.4. The first kappa shape index (κ1) is 14.0. The maximum Gasteiger partial charge on any atom is 0.0715 e. The van der Waals surface area contributed by atoms with E-state index in [1.54, 1.807) is 0 Å². The Labute approximate surface area is 101 Å². The molecule has 2 heteroatoms. The van der Waals surface area contributed by atoms with Crippen molar-refractivity contribution in [3.8, 4) is 0 Å². The van der Waals surface area contributed by atoms with E-state index in [9.17, 15) is 5.11 Å². The minimum absolute atomic E-state index is 0.00777. The summed E-state index contributed by atoms with van der Waals surface area (Å²) < 4.78 is 0. The minimum Gasteiger partial charge on any atom is -0.391 e. The van der Waals surface area contributed by atoms with Crippen LogP contribution in [-0.4, -0.2) is 35.7 Å². The van der Waals surface area contributed by atoms with Crippen LogP contribution in [0.3, 0.4) is 0 Å². The van der Waals surface area contributed by atoms with E-state index in [1.807, 2.05) is 0 Å². The summed E-state index contributed by atoms with van der Waals surface area (Å²) in [5, 5.41) is 10.1. The molecule has 2 nitrogen and oxygen atoms in total. The smallest absolute Gasteiger partial charge is 0.0715 e. The van der Waals surface area contributed by atoms with E-state index in [0.29, 0.717) is 6.04 Å². The summed E-state index contributed by atoms with van der Waals surface area (Å²) in [5.74, 6) is 0.783. The third kappa shape index (κ3) is 3.74. The summed E-state index contributed by atoms with van der Waals surface area (Å²) in [6.07, 6.45) is 5.15. The molecule has 1 aliphatic rings. The van der Waals surface area contributed by atoms with Crippen molar-refractivity contribution in [2.24, 2.45) is 11.3 Å². The summed E-state index contributed by atoms with van der Waals surface area (Å²) >= 11 is 0. The molecule has 1 aliphatic carbocycles. The van der Waals surface area contributed by atoms with Crippen molar-refractivity contribution in [3.05, 3.63) is 0 Å². The number of aliphatic hydroxyl groups is 1. The van der Waals surface area contributed by atoms with Crippen LogP contribution in [0.4, 0.5) is 0 Å². The van der Waals surface area contributed by atoms with Crippen molar-refractivity contribution in [2.75, 3.05) is 13.6 Å². The Kier molecular flexibility index (Phi) is 4.81. The van der Waals surface area contributed by atoms with Crippen molar-refractivity contribution >= 4 is 0 Å². The molecular formula is C14H29NO. The highest BCUT2D eigenvalue weighted by Gasteiger charge is 2.29. The average Bonchev–Trinajstić information content (AvgIpc) is 2.16. The zero-order chi connectivity index (χ0) is 12.3. The number of nitrogens with zero attached hydrogens (tertiary/aromatic N) is 1. The highest BCUT2D eigenvalue weighted by molar-refractivity contribution is 4.83. The second kappa shape index (κ2) is 5.50. The standard InChI is InChI=1S/C14H29NO/c1-11-8-6-7-9-12(11)15(5)10-13(16)14(2,3)4/h11-13,16H,6-10H2,1-5H3.